The van der Waals surface area contributed by atoms with E-state index in [1.54, 1.807) is 7.11 Å². The molecule has 0 aliphatic heterocycles. The van der Waals surface area contributed by atoms with E-state index in [0.717, 1.165) is 15.4 Å². The maximum atomic E-state index is 11.8. The third kappa shape index (κ3) is 2.83. The van der Waals surface area contributed by atoms with Gasteiger partial charge in [-0.1, -0.05) is 30.3 Å². The first-order valence-corrected chi connectivity index (χ1v) is 6.66. The molecule has 1 heterocycles. The number of methoxy groups -OCH3 is 2. The summed E-state index contributed by atoms with van der Waals surface area (Å²) < 4.78 is 10.0. The second kappa shape index (κ2) is 5.95. The number of aromatic nitrogens is 1. The van der Waals surface area contributed by atoms with Crippen molar-refractivity contribution in [2.75, 3.05) is 14.2 Å². The SMILES string of the molecule is COC(=O)c1nc(C(C)OC)sc1-c1ccccc1. The molecule has 1 aromatic heterocycles. The van der Waals surface area contributed by atoms with Crippen LogP contribution >= 0.6 is 11.3 Å². The van der Waals surface area contributed by atoms with E-state index in [1.807, 2.05) is 37.3 Å². The van der Waals surface area contributed by atoms with Gasteiger partial charge in [0.1, 0.15) is 11.1 Å². The van der Waals surface area contributed by atoms with Crippen LogP contribution in [0, 0.1) is 0 Å². The third-order valence-corrected chi connectivity index (χ3v) is 4.03. The van der Waals surface area contributed by atoms with E-state index in [0.29, 0.717) is 5.69 Å². The summed E-state index contributed by atoms with van der Waals surface area (Å²) in [6.07, 6.45) is -0.147. The van der Waals surface area contributed by atoms with E-state index in [1.165, 1.54) is 18.4 Å². The van der Waals surface area contributed by atoms with Gasteiger partial charge in [0.15, 0.2) is 5.69 Å². The summed E-state index contributed by atoms with van der Waals surface area (Å²) in [6, 6.07) is 9.68. The lowest BCUT2D eigenvalue weighted by Crippen LogP contribution is -2.04. The normalized spacial score (nSPS) is 12.2. The number of carbonyl (C=O) groups excluding carboxylic acids is 1. The standard InChI is InChI=1S/C14H15NO3S/c1-9(17-2)13-15-11(14(16)18-3)12(19-13)10-7-5-4-6-8-10/h4-9H,1-3H3. The first-order chi connectivity index (χ1) is 9.17. The Morgan fingerprint density at radius 2 is 1.95 bits per heavy atom. The summed E-state index contributed by atoms with van der Waals surface area (Å²) in [6.45, 7) is 1.90. The van der Waals surface area contributed by atoms with Crippen molar-refractivity contribution in [3.63, 3.8) is 0 Å². The molecule has 1 unspecified atom stereocenters. The van der Waals surface area contributed by atoms with Gasteiger partial charge in [-0.15, -0.1) is 11.3 Å². The van der Waals surface area contributed by atoms with Crippen LogP contribution in [0.5, 0.6) is 0 Å². The molecule has 2 aromatic rings. The Morgan fingerprint density at radius 3 is 2.53 bits per heavy atom. The summed E-state index contributed by atoms with van der Waals surface area (Å²) in [5, 5.41) is 0.766. The highest BCUT2D eigenvalue weighted by atomic mass is 32.1. The summed E-state index contributed by atoms with van der Waals surface area (Å²) in [4.78, 5) is 17.0. The molecule has 0 spiro atoms. The Balaban J connectivity index is 2.52. The summed E-state index contributed by atoms with van der Waals surface area (Å²) in [5.74, 6) is -0.426. The zero-order valence-corrected chi connectivity index (χ0v) is 11.9. The van der Waals surface area contributed by atoms with Gasteiger partial charge >= 0.3 is 5.97 Å². The minimum absolute atomic E-state index is 0.147. The molecule has 0 N–H and O–H groups in total. The molecule has 19 heavy (non-hydrogen) atoms. The molecule has 5 heteroatoms. The van der Waals surface area contributed by atoms with Gasteiger partial charge in [-0.25, -0.2) is 9.78 Å². The monoisotopic (exact) mass is 277 g/mol. The molecule has 0 bridgehead atoms. The second-order valence-corrected chi connectivity index (χ2v) is 5.00. The van der Waals surface area contributed by atoms with Crippen LogP contribution in [0.4, 0.5) is 0 Å². The fourth-order valence-electron chi connectivity index (χ4n) is 1.63. The Morgan fingerprint density at radius 1 is 1.26 bits per heavy atom. The molecular weight excluding hydrogens is 262 g/mol. The first-order valence-electron chi connectivity index (χ1n) is 5.84. The summed E-state index contributed by atoms with van der Waals surface area (Å²) in [7, 11) is 2.97. The fourth-order valence-corrected chi connectivity index (χ4v) is 2.72. The fraction of sp³-hybridized carbons (Fsp3) is 0.286. The largest absolute Gasteiger partial charge is 0.464 e. The quantitative estimate of drug-likeness (QED) is 0.804. The Kier molecular flexibility index (Phi) is 4.29. The van der Waals surface area contributed by atoms with E-state index < -0.39 is 5.97 Å². The average molecular weight is 277 g/mol. The highest BCUT2D eigenvalue weighted by Crippen LogP contribution is 2.34. The van der Waals surface area contributed by atoms with Crippen LogP contribution in [0.15, 0.2) is 30.3 Å². The highest BCUT2D eigenvalue weighted by Gasteiger charge is 2.22. The van der Waals surface area contributed by atoms with Crippen molar-refractivity contribution in [3.05, 3.63) is 41.0 Å². The smallest absolute Gasteiger partial charge is 0.358 e. The number of carbonyl (C=O) groups is 1. The van der Waals surface area contributed by atoms with Crippen molar-refractivity contribution in [3.8, 4) is 10.4 Å². The lowest BCUT2D eigenvalue weighted by Gasteiger charge is -2.03. The molecule has 0 aliphatic carbocycles. The van der Waals surface area contributed by atoms with E-state index in [2.05, 4.69) is 4.98 Å². The number of benzene rings is 1. The van der Waals surface area contributed by atoms with Crippen LogP contribution in [-0.2, 0) is 9.47 Å². The number of hydrogen-bond acceptors (Lipinski definition) is 5. The van der Waals surface area contributed by atoms with Gasteiger partial charge in [0, 0.05) is 7.11 Å². The summed E-state index contributed by atoms with van der Waals surface area (Å²) >= 11 is 1.45. The summed E-state index contributed by atoms with van der Waals surface area (Å²) in [5.41, 5.74) is 1.30. The van der Waals surface area contributed by atoms with Crippen molar-refractivity contribution in [1.82, 2.24) is 4.98 Å². The van der Waals surface area contributed by atoms with Gasteiger partial charge in [-0.3, -0.25) is 0 Å². The Hall–Kier alpha value is -1.72. The highest BCUT2D eigenvalue weighted by molar-refractivity contribution is 7.15. The molecule has 0 radical (unpaired) electrons. The first kappa shape index (κ1) is 13.7. The number of thiazole rings is 1. The number of esters is 1. The third-order valence-electron chi connectivity index (χ3n) is 2.76. The minimum atomic E-state index is -0.426. The molecule has 0 amide bonds. The average Bonchev–Trinajstić information content (AvgIpc) is 2.91. The predicted octanol–water partition coefficient (Wildman–Crippen LogP) is 3.30. The van der Waals surface area contributed by atoms with Crippen molar-refractivity contribution in [2.24, 2.45) is 0 Å². The molecule has 0 fully saturated rings. The lowest BCUT2D eigenvalue weighted by molar-refractivity contribution is 0.0594. The second-order valence-electron chi connectivity index (χ2n) is 3.97. The maximum absolute atomic E-state index is 11.8. The van der Waals surface area contributed by atoms with Crippen molar-refractivity contribution >= 4 is 17.3 Å². The number of nitrogens with zero attached hydrogens (tertiary/aromatic N) is 1. The lowest BCUT2D eigenvalue weighted by atomic mass is 10.1. The molecule has 2 rings (SSSR count). The van der Waals surface area contributed by atoms with Crippen molar-refractivity contribution in [2.45, 2.75) is 13.0 Å². The molecule has 0 saturated carbocycles. The van der Waals surface area contributed by atoms with Crippen LogP contribution in [0.3, 0.4) is 0 Å². The molecule has 100 valence electrons. The molecule has 1 aromatic carbocycles. The molecule has 0 saturated heterocycles. The molecule has 4 nitrogen and oxygen atoms in total. The predicted molar refractivity (Wildman–Crippen MR) is 74.3 cm³/mol. The Bertz CT molecular complexity index is 565. The number of rotatable bonds is 4. The Labute approximate surface area is 116 Å². The molecular formula is C14H15NO3S. The van der Waals surface area contributed by atoms with E-state index in [4.69, 9.17) is 9.47 Å². The van der Waals surface area contributed by atoms with E-state index in [9.17, 15) is 4.79 Å². The van der Waals surface area contributed by atoms with Crippen LogP contribution in [0.25, 0.3) is 10.4 Å². The maximum Gasteiger partial charge on any atom is 0.358 e. The van der Waals surface area contributed by atoms with Crippen LogP contribution < -0.4 is 0 Å². The van der Waals surface area contributed by atoms with Crippen LogP contribution in [0.1, 0.15) is 28.5 Å². The topological polar surface area (TPSA) is 48.4 Å². The number of hydrogen-bond donors (Lipinski definition) is 0. The van der Waals surface area contributed by atoms with Gasteiger partial charge in [0.25, 0.3) is 0 Å². The minimum Gasteiger partial charge on any atom is -0.464 e. The molecule has 0 aliphatic rings. The number of ether oxygens (including phenoxy) is 2. The van der Waals surface area contributed by atoms with Gasteiger partial charge in [-0.2, -0.15) is 0 Å². The van der Waals surface area contributed by atoms with E-state index >= 15 is 0 Å². The van der Waals surface area contributed by atoms with Gasteiger partial charge in [0.05, 0.1) is 12.0 Å². The van der Waals surface area contributed by atoms with Gasteiger partial charge in [-0.05, 0) is 12.5 Å². The van der Waals surface area contributed by atoms with E-state index in [-0.39, 0.29) is 6.10 Å². The van der Waals surface area contributed by atoms with Crippen molar-refractivity contribution in [1.29, 1.82) is 0 Å². The van der Waals surface area contributed by atoms with Crippen molar-refractivity contribution < 1.29 is 14.3 Å². The zero-order valence-electron chi connectivity index (χ0n) is 11.0. The van der Waals surface area contributed by atoms with Crippen LogP contribution in [-0.4, -0.2) is 25.2 Å². The van der Waals surface area contributed by atoms with Crippen LogP contribution in [0.2, 0.25) is 0 Å². The van der Waals surface area contributed by atoms with Gasteiger partial charge in [0.2, 0.25) is 0 Å². The molecule has 1 atom stereocenters. The van der Waals surface area contributed by atoms with Gasteiger partial charge < -0.3 is 9.47 Å². The zero-order chi connectivity index (χ0) is 13.8.